The molecule has 0 radical (unpaired) electrons. The van der Waals surface area contributed by atoms with Crippen LogP contribution in [0, 0.1) is 8.99 Å². The zero-order valence-electron chi connectivity index (χ0n) is 10.3. The molecular formula is C13H18INO2. The molecule has 0 aliphatic rings. The van der Waals surface area contributed by atoms with Gasteiger partial charge in [-0.05, 0) is 40.1 Å². The molecule has 1 amide bonds. The van der Waals surface area contributed by atoms with Crippen molar-refractivity contribution < 1.29 is 9.90 Å². The van der Waals surface area contributed by atoms with Gasteiger partial charge in [-0.15, -0.1) is 0 Å². The second-order valence-electron chi connectivity index (χ2n) is 5.07. The largest absolute Gasteiger partial charge is 0.391 e. The molecule has 94 valence electrons. The minimum absolute atomic E-state index is 0.140. The standard InChI is InChI=1S/C13H18INO2/c1-13(2,3)11(16)8-15-12(17)9-6-4-5-7-10(9)14/h4-7,11,16H,8H2,1-3H3,(H,15,17). The first-order valence-electron chi connectivity index (χ1n) is 5.53. The Morgan fingerprint density at radius 3 is 2.53 bits per heavy atom. The fourth-order valence-corrected chi connectivity index (χ4v) is 1.87. The van der Waals surface area contributed by atoms with E-state index in [0.717, 1.165) is 3.57 Å². The number of rotatable bonds is 3. The Bertz CT molecular complexity index is 399. The minimum Gasteiger partial charge on any atom is -0.391 e. The van der Waals surface area contributed by atoms with Gasteiger partial charge in [-0.2, -0.15) is 0 Å². The molecule has 0 aliphatic heterocycles. The lowest BCUT2D eigenvalue weighted by molar-refractivity contribution is 0.0586. The molecular weight excluding hydrogens is 329 g/mol. The van der Waals surface area contributed by atoms with E-state index >= 15 is 0 Å². The van der Waals surface area contributed by atoms with Gasteiger partial charge in [0.2, 0.25) is 0 Å². The fourth-order valence-electron chi connectivity index (χ4n) is 1.24. The molecule has 3 nitrogen and oxygen atoms in total. The van der Waals surface area contributed by atoms with Crippen molar-refractivity contribution in [1.29, 1.82) is 0 Å². The van der Waals surface area contributed by atoms with E-state index in [9.17, 15) is 9.90 Å². The van der Waals surface area contributed by atoms with E-state index in [2.05, 4.69) is 27.9 Å². The summed E-state index contributed by atoms with van der Waals surface area (Å²) in [6.07, 6.45) is -0.548. The summed E-state index contributed by atoms with van der Waals surface area (Å²) in [6, 6.07) is 7.38. The zero-order valence-corrected chi connectivity index (χ0v) is 12.5. The van der Waals surface area contributed by atoms with Gasteiger partial charge in [0, 0.05) is 10.1 Å². The van der Waals surface area contributed by atoms with Crippen LogP contribution in [-0.4, -0.2) is 23.7 Å². The van der Waals surface area contributed by atoms with Crippen LogP contribution in [0.1, 0.15) is 31.1 Å². The molecule has 1 rings (SSSR count). The number of carbonyl (C=O) groups excluding carboxylic acids is 1. The average Bonchev–Trinajstić information content (AvgIpc) is 2.24. The number of hydrogen-bond donors (Lipinski definition) is 2. The SMILES string of the molecule is CC(C)(C)C(O)CNC(=O)c1ccccc1I. The summed E-state index contributed by atoms with van der Waals surface area (Å²) in [5, 5.41) is 12.6. The van der Waals surface area contributed by atoms with Crippen molar-refractivity contribution >= 4 is 28.5 Å². The maximum absolute atomic E-state index is 11.9. The van der Waals surface area contributed by atoms with Crippen LogP contribution in [0.4, 0.5) is 0 Å². The van der Waals surface area contributed by atoms with E-state index in [1.807, 2.05) is 39.0 Å². The maximum atomic E-state index is 11.9. The van der Waals surface area contributed by atoms with E-state index in [-0.39, 0.29) is 17.9 Å². The van der Waals surface area contributed by atoms with Crippen molar-refractivity contribution in [3.63, 3.8) is 0 Å². The first kappa shape index (κ1) is 14.4. The molecule has 1 aromatic carbocycles. The first-order chi connectivity index (χ1) is 7.82. The molecule has 0 saturated carbocycles. The summed E-state index contributed by atoms with van der Waals surface area (Å²) < 4.78 is 0.910. The van der Waals surface area contributed by atoms with Crippen molar-refractivity contribution in [2.45, 2.75) is 26.9 Å². The Kier molecular flexibility index (Phi) is 4.94. The van der Waals surface area contributed by atoms with Gasteiger partial charge in [0.1, 0.15) is 0 Å². The van der Waals surface area contributed by atoms with Crippen LogP contribution in [0.5, 0.6) is 0 Å². The summed E-state index contributed by atoms with van der Waals surface area (Å²) in [4.78, 5) is 11.9. The molecule has 0 fully saturated rings. The molecule has 0 aromatic heterocycles. The number of aliphatic hydroxyl groups is 1. The fraction of sp³-hybridized carbons (Fsp3) is 0.462. The average molecular weight is 347 g/mol. The van der Waals surface area contributed by atoms with Crippen molar-refractivity contribution in [3.8, 4) is 0 Å². The van der Waals surface area contributed by atoms with Crippen LogP contribution < -0.4 is 5.32 Å². The Morgan fingerprint density at radius 1 is 1.41 bits per heavy atom. The molecule has 17 heavy (non-hydrogen) atoms. The highest BCUT2D eigenvalue weighted by molar-refractivity contribution is 14.1. The van der Waals surface area contributed by atoms with Gasteiger partial charge >= 0.3 is 0 Å². The van der Waals surface area contributed by atoms with Crippen LogP contribution in [0.15, 0.2) is 24.3 Å². The molecule has 1 atom stereocenters. The van der Waals surface area contributed by atoms with Gasteiger partial charge in [-0.3, -0.25) is 4.79 Å². The summed E-state index contributed by atoms with van der Waals surface area (Å²) in [5.74, 6) is -0.140. The smallest absolute Gasteiger partial charge is 0.252 e. The van der Waals surface area contributed by atoms with Crippen molar-refractivity contribution in [1.82, 2.24) is 5.32 Å². The first-order valence-corrected chi connectivity index (χ1v) is 6.61. The molecule has 0 heterocycles. The van der Waals surface area contributed by atoms with E-state index in [4.69, 9.17) is 0 Å². The lowest BCUT2D eigenvalue weighted by Gasteiger charge is -2.25. The summed E-state index contributed by atoms with van der Waals surface area (Å²) >= 11 is 2.13. The Morgan fingerprint density at radius 2 is 2.00 bits per heavy atom. The minimum atomic E-state index is -0.548. The van der Waals surface area contributed by atoms with Gasteiger partial charge in [-0.25, -0.2) is 0 Å². The maximum Gasteiger partial charge on any atom is 0.252 e. The van der Waals surface area contributed by atoms with E-state index in [0.29, 0.717) is 5.56 Å². The van der Waals surface area contributed by atoms with Gasteiger partial charge in [0.15, 0.2) is 0 Å². The number of carbonyl (C=O) groups is 1. The molecule has 1 aromatic rings. The molecule has 2 N–H and O–H groups in total. The topological polar surface area (TPSA) is 49.3 Å². The zero-order chi connectivity index (χ0) is 13.1. The highest BCUT2D eigenvalue weighted by Gasteiger charge is 2.22. The van der Waals surface area contributed by atoms with Gasteiger partial charge in [0.05, 0.1) is 11.7 Å². The normalized spacial score (nSPS) is 13.2. The molecule has 0 spiro atoms. The number of nitrogens with one attached hydrogen (secondary N) is 1. The quantitative estimate of drug-likeness (QED) is 0.826. The van der Waals surface area contributed by atoms with Crippen molar-refractivity contribution in [2.24, 2.45) is 5.41 Å². The second kappa shape index (κ2) is 5.82. The molecule has 0 aliphatic carbocycles. The summed E-state index contributed by atoms with van der Waals surface area (Å²) in [7, 11) is 0. The van der Waals surface area contributed by atoms with Crippen LogP contribution in [0.3, 0.4) is 0 Å². The molecule has 0 saturated heterocycles. The van der Waals surface area contributed by atoms with Crippen molar-refractivity contribution in [2.75, 3.05) is 6.54 Å². The van der Waals surface area contributed by atoms with E-state index in [1.54, 1.807) is 6.07 Å². The Hall–Kier alpha value is -0.620. The highest BCUT2D eigenvalue weighted by Crippen LogP contribution is 2.18. The molecule has 0 bridgehead atoms. The third-order valence-electron chi connectivity index (χ3n) is 2.57. The second-order valence-corrected chi connectivity index (χ2v) is 6.23. The van der Waals surface area contributed by atoms with Crippen LogP contribution in [0.25, 0.3) is 0 Å². The number of halogens is 1. The predicted molar refractivity (Wildman–Crippen MR) is 77.0 cm³/mol. The van der Waals surface area contributed by atoms with Gasteiger partial charge in [0.25, 0.3) is 5.91 Å². The lowest BCUT2D eigenvalue weighted by atomic mass is 9.89. The van der Waals surface area contributed by atoms with Crippen LogP contribution in [0.2, 0.25) is 0 Å². The third kappa shape index (κ3) is 4.27. The van der Waals surface area contributed by atoms with Crippen LogP contribution >= 0.6 is 22.6 Å². The van der Waals surface area contributed by atoms with Crippen molar-refractivity contribution in [3.05, 3.63) is 33.4 Å². The van der Waals surface area contributed by atoms with Gasteiger partial charge in [-0.1, -0.05) is 32.9 Å². The van der Waals surface area contributed by atoms with E-state index < -0.39 is 6.10 Å². The third-order valence-corrected chi connectivity index (χ3v) is 3.51. The number of aliphatic hydroxyl groups excluding tert-OH is 1. The predicted octanol–water partition coefficient (Wildman–Crippen LogP) is 2.43. The van der Waals surface area contributed by atoms with E-state index in [1.165, 1.54) is 0 Å². The number of hydrogen-bond acceptors (Lipinski definition) is 2. The Balaban J connectivity index is 2.60. The summed E-state index contributed by atoms with van der Waals surface area (Å²) in [6.45, 7) is 6.09. The number of benzene rings is 1. The Labute approximate surface area is 116 Å². The highest BCUT2D eigenvalue weighted by atomic mass is 127. The van der Waals surface area contributed by atoms with Crippen LogP contribution in [-0.2, 0) is 0 Å². The summed E-state index contributed by atoms with van der Waals surface area (Å²) in [5.41, 5.74) is 0.422. The van der Waals surface area contributed by atoms with Gasteiger partial charge < -0.3 is 10.4 Å². The molecule has 1 unspecified atom stereocenters. The number of amides is 1. The monoisotopic (exact) mass is 347 g/mol. The molecule has 4 heteroatoms. The lowest BCUT2D eigenvalue weighted by Crippen LogP contribution is -2.39.